The highest BCUT2D eigenvalue weighted by Crippen LogP contribution is 2.09. The van der Waals surface area contributed by atoms with Crippen LogP contribution in [-0.2, 0) is 11.0 Å². The van der Waals surface area contributed by atoms with E-state index in [2.05, 4.69) is 10.8 Å². The van der Waals surface area contributed by atoms with E-state index in [1.165, 1.54) is 0 Å². The number of nitrogens with one attached hydrogen (secondary N) is 1. The number of aryl methyl sites for hydroxylation is 1. The zero-order valence-corrected chi connectivity index (χ0v) is 10.5. The maximum Gasteiger partial charge on any atom is 0.126 e. The Labute approximate surface area is 99.1 Å². The van der Waals surface area contributed by atoms with E-state index < -0.39 is 11.0 Å². The maximum atomic E-state index is 11.9. The molecule has 0 fully saturated rings. The number of hydrogen-bond donors (Lipinski definition) is 1. The summed E-state index contributed by atoms with van der Waals surface area (Å²) < 4.78 is 14.7. The van der Waals surface area contributed by atoms with Gasteiger partial charge in [-0.1, -0.05) is 31.5 Å². The minimum absolute atomic E-state index is 0.138. The molecule has 0 aliphatic heterocycles. The van der Waals surface area contributed by atoms with Gasteiger partial charge in [0.1, 0.15) is 17.0 Å². The lowest BCUT2D eigenvalue weighted by Gasteiger charge is -2.14. The molecule has 0 amide bonds. The van der Waals surface area contributed by atoms with Gasteiger partial charge in [0, 0.05) is 0 Å². The standard InChI is InChI=1S/C12H16N2OS/c1-9(2)12(8-13)14-16(15)11-6-4-10(3)5-7-11/h4-7,9,12,14H,1-3H3/t12-,16?/m1/s1. The van der Waals surface area contributed by atoms with Crippen LogP contribution < -0.4 is 4.72 Å². The Morgan fingerprint density at radius 1 is 1.31 bits per heavy atom. The topological polar surface area (TPSA) is 52.9 Å². The highest BCUT2D eigenvalue weighted by Gasteiger charge is 2.15. The second kappa shape index (κ2) is 5.78. The molecule has 1 aromatic carbocycles. The highest BCUT2D eigenvalue weighted by molar-refractivity contribution is 7.83. The Morgan fingerprint density at radius 3 is 2.31 bits per heavy atom. The monoisotopic (exact) mass is 236 g/mol. The quantitative estimate of drug-likeness (QED) is 0.871. The predicted molar refractivity (Wildman–Crippen MR) is 65.0 cm³/mol. The van der Waals surface area contributed by atoms with Gasteiger partial charge in [-0.05, 0) is 25.0 Å². The summed E-state index contributed by atoms with van der Waals surface area (Å²) in [6, 6.07) is 9.16. The minimum atomic E-state index is -1.31. The zero-order valence-electron chi connectivity index (χ0n) is 9.73. The molecule has 0 aromatic heterocycles. The maximum absolute atomic E-state index is 11.9. The third kappa shape index (κ3) is 3.44. The lowest BCUT2D eigenvalue weighted by atomic mass is 10.1. The molecular formula is C12H16N2OS. The molecule has 86 valence electrons. The van der Waals surface area contributed by atoms with E-state index in [0.717, 1.165) is 5.56 Å². The van der Waals surface area contributed by atoms with Crippen molar-refractivity contribution >= 4 is 11.0 Å². The summed E-state index contributed by atoms with van der Waals surface area (Å²) in [6.45, 7) is 5.83. The number of rotatable bonds is 4. The SMILES string of the molecule is Cc1ccc(S(=O)N[C@H](C#N)C(C)C)cc1. The first kappa shape index (κ1) is 12.9. The van der Waals surface area contributed by atoms with E-state index >= 15 is 0 Å². The van der Waals surface area contributed by atoms with Gasteiger partial charge in [0.2, 0.25) is 0 Å². The molecule has 3 nitrogen and oxygen atoms in total. The molecule has 0 spiro atoms. The van der Waals surface area contributed by atoms with Crippen LogP contribution >= 0.6 is 0 Å². The third-order valence-electron chi connectivity index (χ3n) is 2.27. The lowest BCUT2D eigenvalue weighted by molar-refractivity contribution is 0.541. The molecule has 2 atom stereocenters. The summed E-state index contributed by atoms with van der Waals surface area (Å²) in [5, 5.41) is 8.89. The zero-order chi connectivity index (χ0) is 12.1. The largest absolute Gasteiger partial charge is 0.237 e. The van der Waals surface area contributed by atoms with E-state index in [1.54, 1.807) is 0 Å². The molecule has 0 saturated heterocycles. The molecule has 0 radical (unpaired) electrons. The number of benzene rings is 1. The van der Waals surface area contributed by atoms with Crippen LogP contribution in [0.4, 0.5) is 0 Å². The molecule has 0 aliphatic rings. The van der Waals surface area contributed by atoms with Gasteiger partial charge in [-0.2, -0.15) is 5.26 Å². The van der Waals surface area contributed by atoms with Crippen LogP contribution in [0.5, 0.6) is 0 Å². The fourth-order valence-electron chi connectivity index (χ4n) is 1.16. The molecular weight excluding hydrogens is 220 g/mol. The van der Waals surface area contributed by atoms with Gasteiger partial charge in [0.15, 0.2) is 0 Å². The van der Waals surface area contributed by atoms with Crippen LogP contribution in [0.15, 0.2) is 29.2 Å². The van der Waals surface area contributed by atoms with Gasteiger partial charge in [-0.3, -0.25) is 0 Å². The Hall–Kier alpha value is -1.18. The Morgan fingerprint density at radius 2 is 1.88 bits per heavy atom. The van der Waals surface area contributed by atoms with E-state index in [-0.39, 0.29) is 12.0 Å². The molecule has 1 unspecified atom stereocenters. The molecule has 1 rings (SSSR count). The summed E-state index contributed by atoms with van der Waals surface area (Å²) in [5.41, 5.74) is 1.13. The smallest absolute Gasteiger partial charge is 0.126 e. The fourth-order valence-corrected chi connectivity index (χ4v) is 2.23. The predicted octanol–water partition coefficient (Wildman–Crippen LogP) is 2.16. The fraction of sp³-hybridized carbons (Fsp3) is 0.417. The van der Waals surface area contributed by atoms with E-state index in [1.807, 2.05) is 45.0 Å². The van der Waals surface area contributed by atoms with Crippen LogP contribution in [0.2, 0.25) is 0 Å². The summed E-state index contributed by atoms with van der Waals surface area (Å²) in [6.07, 6.45) is 0. The van der Waals surface area contributed by atoms with E-state index in [9.17, 15) is 4.21 Å². The van der Waals surface area contributed by atoms with Crippen molar-refractivity contribution in [1.82, 2.24) is 4.72 Å². The first-order valence-corrected chi connectivity index (χ1v) is 6.34. The summed E-state index contributed by atoms with van der Waals surface area (Å²) in [5.74, 6) is 0.138. The first-order chi connectivity index (χ1) is 7.54. The van der Waals surface area contributed by atoms with Gasteiger partial charge in [-0.15, -0.1) is 0 Å². The van der Waals surface area contributed by atoms with Crippen molar-refractivity contribution in [3.05, 3.63) is 29.8 Å². The second-order valence-corrected chi connectivity index (χ2v) is 5.29. The number of hydrogen-bond acceptors (Lipinski definition) is 2. The van der Waals surface area contributed by atoms with E-state index in [4.69, 9.17) is 5.26 Å². The molecule has 0 aliphatic carbocycles. The second-order valence-electron chi connectivity index (χ2n) is 4.05. The number of nitriles is 1. The normalized spacial score (nSPS) is 14.4. The Balaban J connectivity index is 2.73. The van der Waals surface area contributed by atoms with Gasteiger partial charge >= 0.3 is 0 Å². The average molecular weight is 236 g/mol. The van der Waals surface area contributed by atoms with Crippen molar-refractivity contribution < 1.29 is 4.21 Å². The molecule has 1 N–H and O–H groups in total. The summed E-state index contributed by atoms with van der Waals surface area (Å²) in [4.78, 5) is 0.700. The Bertz CT molecular complexity index is 406. The van der Waals surface area contributed by atoms with E-state index in [0.29, 0.717) is 4.90 Å². The summed E-state index contributed by atoms with van der Waals surface area (Å²) >= 11 is 0. The minimum Gasteiger partial charge on any atom is -0.237 e. The van der Waals surface area contributed by atoms with Crippen molar-refractivity contribution in [2.45, 2.75) is 31.7 Å². The van der Waals surface area contributed by atoms with Crippen molar-refractivity contribution in [2.24, 2.45) is 5.92 Å². The van der Waals surface area contributed by atoms with Gasteiger partial charge < -0.3 is 0 Å². The van der Waals surface area contributed by atoms with Crippen molar-refractivity contribution in [2.75, 3.05) is 0 Å². The molecule has 1 aromatic rings. The third-order valence-corrected chi connectivity index (χ3v) is 3.44. The molecule has 0 bridgehead atoms. The summed E-state index contributed by atoms with van der Waals surface area (Å²) in [7, 11) is -1.31. The molecule has 0 heterocycles. The van der Waals surface area contributed by atoms with Crippen LogP contribution in [-0.4, -0.2) is 10.3 Å². The first-order valence-electron chi connectivity index (χ1n) is 5.19. The van der Waals surface area contributed by atoms with Crippen LogP contribution in [0, 0.1) is 24.2 Å². The van der Waals surface area contributed by atoms with Crippen molar-refractivity contribution in [1.29, 1.82) is 5.26 Å². The van der Waals surface area contributed by atoms with Crippen LogP contribution in [0.25, 0.3) is 0 Å². The number of nitrogens with zero attached hydrogens (tertiary/aromatic N) is 1. The van der Waals surface area contributed by atoms with Gasteiger partial charge in [0.05, 0.1) is 11.0 Å². The van der Waals surface area contributed by atoms with Gasteiger partial charge in [-0.25, -0.2) is 8.93 Å². The molecule has 0 saturated carbocycles. The molecule has 4 heteroatoms. The Kier molecular flexibility index (Phi) is 4.66. The lowest BCUT2D eigenvalue weighted by Crippen LogP contribution is -2.33. The highest BCUT2D eigenvalue weighted by atomic mass is 32.2. The van der Waals surface area contributed by atoms with Crippen molar-refractivity contribution in [3.8, 4) is 6.07 Å². The van der Waals surface area contributed by atoms with Gasteiger partial charge in [0.25, 0.3) is 0 Å². The van der Waals surface area contributed by atoms with Crippen molar-refractivity contribution in [3.63, 3.8) is 0 Å². The average Bonchev–Trinajstić information content (AvgIpc) is 2.26. The van der Waals surface area contributed by atoms with Crippen LogP contribution in [0.1, 0.15) is 19.4 Å². The molecule has 16 heavy (non-hydrogen) atoms. The van der Waals surface area contributed by atoms with Crippen LogP contribution in [0.3, 0.4) is 0 Å².